The molecular formula is C14H21N3O. The Morgan fingerprint density at radius 2 is 2.22 bits per heavy atom. The van der Waals surface area contributed by atoms with Crippen LogP contribution in [0.15, 0.2) is 35.5 Å². The summed E-state index contributed by atoms with van der Waals surface area (Å²) in [7, 11) is 0. The Kier molecular flexibility index (Phi) is 4.20. The van der Waals surface area contributed by atoms with E-state index in [0.717, 1.165) is 5.92 Å². The second kappa shape index (κ2) is 5.87. The first-order valence-corrected chi connectivity index (χ1v) is 6.52. The molecule has 3 unspecified atom stereocenters. The highest BCUT2D eigenvalue weighted by Gasteiger charge is 2.36. The second-order valence-electron chi connectivity index (χ2n) is 4.94. The Morgan fingerprint density at radius 1 is 1.50 bits per heavy atom. The third-order valence-corrected chi connectivity index (χ3v) is 3.61. The van der Waals surface area contributed by atoms with Crippen LogP contribution < -0.4 is 11.1 Å². The lowest BCUT2D eigenvalue weighted by molar-refractivity contribution is 0.315. The van der Waals surface area contributed by atoms with Crippen LogP contribution in [0.4, 0.5) is 0 Å². The summed E-state index contributed by atoms with van der Waals surface area (Å²) >= 11 is 0. The van der Waals surface area contributed by atoms with Gasteiger partial charge in [-0.05, 0) is 17.9 Å². The maximum Gasteiger partial charge on any atom is 0.141 e. The summed E-state index contributed by atoms with van der Waals surface area (Å²) in [4.78, 5) is 0. The lowest BCUT2D eigenvalue weighted by atomic mass is 10.0. The molecule has 2 rings (SSSR count). The van der Waals surface area contributed by atoms with Crippen LogP contribution in [0.2, 0.25) is 0 Å². The van der Waals surface area contributed by atoms with Gasteiger partial charge < -0.3 is 16.3 Å². The van der Waals surface area contributed by atoms with Gasteiger partial charge in [-0.1, -0.05) is 48.8 Å². The van der Waals surface area contributed by atoms with Gasteiger partial charge in [0.2, 0.25) is 0 Å². The Labute approximate surface area is 108 Å². The van der Waals surface area contributed by atoms with Crippen LogP contribution in [-0.2, 0) is 0 Å². The molecule has 0 heterocycles. The molecule has 1 aliphatic carbocycles. The zero-order valence-electron chi connectivity index (χ0n) is 10.7. The highest BCUT2D eigenvalue weighted by atomic mass is 16.4. The lowest BCUT2D eigenvalue weighted by Crippen LogP contribution is -2.29. The smallest absolute Gasteiger partial charge is 0.141 e. The predicted octanol–water partition coefficient (Wildman–Crippen LogP) is 2.25. The van der Waals surface area contributed by atoms with Gasteiger partial charge in [0, 0.05) is 18.5 Å². The van der Waals surface area contributed by atoms with Crippen molar-refractivity contribution in [3.05, 3.63) is 35.9 Å². The van der Waals surface area contributed by atoms with Gasteiger partial charge in [-0.3, -0.25) is 0 Å². The first-order chi connectivity index (χ1) is 8.74. The molecule has 0 aromatic heterocycles. The van der Waals surface area contributed by atoms with Gasteiger partial charge in [-0.15, -0.1) is 0 Å². The first kappa shape index (κ1) is 12.9. The zero-order valence-corrected chi connectivity index (χ0v) is 10.7. The molecule has 1 aromatic rings. The van der Waals surface area contributed by atoms with E-state index in [-0.39, 0.29) is 11.9 Å². The molecule has 0 bridgehead atoms. The van der Waals surface area contributed by atoms with Gasteiger partial charge in [0.1, 0.15) is 5.84 Å². The van der Waals surface area contributed by atoms with Crippen molar-refractivity contribution in [1.29, 1.82) is 0 Å². The molecule has 0 spiro atoms. The number of rotatable bonds is 6. The zero-order chi connectivity index (χ0) is 13.0. The first-order valence-electron chi connectivity index (χ1n) is 6.52. The maximum atomic E-state index is 8.71. The predicted molar refractivity (Wildman–Crippen MR) is 72.5 cm³/mol. The molecule has 0 amide bonds. The van der Waals surface area contributed by atoms with E-state index in [9.17, 15) is 0 Å². The fourth-order valence-electron chi connectivity index (χ4n) is 2.37. The van der Waals surface area contributed by atoms with E-state index in [1.807, 2.05) is 18.2 Å². The van der Waals surface area contributed by atoms with Crippen molar-refractivity contribution in [3.8, 4) is 0 Å². The minimum Gasteiger partial charge on any atom is -0.409 e. The average Bonchev–Trinajstić information content (AvgIpc) is 3.17. The van der Waals surface area contributed by atoms with Crippen LogP contribution in [0.3, 0.4) is 0 Å². The molecule has 98 valence electrons. The van der Waals surface area contributed by atoms with Crippen molar-refractivity contribution in [1.82, 2.24) is 5.32 Å². The molecule has 1 aromatic carbocycles. The number of hydrogen-bond donors (Lipinski definition) is 3. The van der Waals surface area contributed by atoms with Crippen LogP contribution in [0.5, 0.6) is 0 Å². The molecule has 1 fully saturated rings. The normalized spacial score (nSPS) is 24.8. The standard InChI is InChI=1S/C14H21N3O/c1-2-10-8-12(10)16-13(9-14(15)17-18)11-6-4-3-5-7-11/h3-7,10,12-13,16,18H,2,8-9H2,1H3,(H2,15,17). The quantitative estimate of drug-likeness (QED) is 0.312. The monoisotopic (exact) mass is 247 g/mol. The van der Waals surface area contributed by atoms with Crippen molar-refractivity contribution < 1.29 is 5.21 Å². The molecule has 0 saturated heterocycles. The molecular weight excluding hydrogens is 226 g/mol. The van der Waals surface area contributed by atoms with Crippen LogP contribution in [0.1, 0.15) is 37.8 Å². The summed E-state index contributed by atoms with van der Waals surface area (Å²) < 4.78 is 0. The molecule has 4 nitrogen and oxygen atoms in total. The minimum absolute atomic E-state index is 0.128. The number of nitrogens with one attached hydrogen (secondary N) is 1. The minimum atomic E-state index is 0.128. The molecule has 4 heteroatoms. The van der Waals surface area contributed by atoms with Crippen molar-refractivity contribution >= 4 is 5.84 Å². The Hall–Kier alpha value is -1.55. The number of oxime groups is 1. The van der Waals surface area contributed by atoms with Crippen LogP contribution in [0.25, 0.3) is 0 Å². The highest BCUT2D eigenvalue weighted by Crippen LogP contribution is 2.35. The number of nitrogens with zero attached hydrogens (tertiary/aromatic N) is 1. The summed E-state index contributed by atoms with van der Waals surface area (Å²) in [5, 5.41) is 15.4. The topological polar surface area (TPSA) is 70.6 Å². The van der Waals surface area contributed by atoms with Gasteiger partial charge in [0.05, 0.1) is 0 Å². The summed E-state index contributed by atoms with van der Waals surface area (Å²) in [5.41, 5.74) is 6.82. The van der Waals surface area contributed by atoms with Crippen molar-refractivity contribution in [3.63, 3.8) is 0 Å². The summed E-state index contributed by atoms with van der Waals surface area (Å²) in [6, 6.07) is 10.9. The fraction of sp³-hybridized carbons (Fsp3) is 0.500. The van der Waals surface area contributed by atoms with Crippen LogP contribution >= 0.6 is 0 Å². The van der Waals surface area contributed by atoms with Gasteiger partial charge in [-0.2, -0.15) is 0 Å². The summed E-state index contributed by atoms with van der Waals surface area (Å²) in [6.07, 6.45) is 2.98. The third-order valence-electron chi connectivity index (χ3n) is 3.61. The molecule has 4 N–H and O–H groups in total. The highest BCUT2D eigenvalue weighted by molar-refractivity contribution is 5.80. The van der Waals surface area contributed by atoms with E-state index in [2.05, 4.69) is 29.5 Å². The third kappa shape index (κ3) is 3.23. The van der Waals surface area contributed by atoms with Gasteiger partial charge in [-0.25, -0.2) is 0 Å². The van der Waals surface area contributed by atoms with E-state index in [4.69, 9.17) is 10.9 Å². The number of amidine groups is 1. The number of hydrogen-bond acceptors (Lipinski definition) is 3. The van der Waals surface area contributed by atoms with Crippen LogP contribution in [0, 0.1) is 5.92 Å². The number of benzene rings is 1. The maximum absolute atomic E-state index is 8.71. The van der Waals surface area contributed by atoms with Crippen molar-refractivity contribution in [2.45, 2.75) is 38.3 Å². The summed E-state index contributed by atoms with van der Waals surface area (Å²) in [6.45, 7) is 2.22. The van der Waals surface area contributed by atoms with E-state index < -0.39 is 0 Å². The Balaban J connectivity index is 2.04. The van der Waals surface area contributed by atoms with E-state index in [1.54, 1.807) is 0 Å². The second-order valence-corrected chi connectivity index (χ2v) is 4.94. The fourth-order valence-corrected chi connectivity index (χ4v) is 2.37. The molecule has 18 heavy (non-hydrogen) atoms. The Bertz CT molecular complexity index is 405. The molecule has 1 saturated carbocycles. The average molecular weight is 247 g/mol. The van der Waals surface area contributed by atoms with Gasteiger partial charge in [0.15, 0.2) is 0 Å². The number of nitrogens with two attached hydrogens (primary N) is 1. The van der Waals surface area contributed by atoms with Gasteiger partial charge >= 0.3 is 0 Å². The lowest BCUT2D eigenvalue weighted by Gasteiger charge is -2.18. The Morgan fingerprint density at radius 3 is 2.78 bits per heavy atom. The SMILES string of the molecule is CCC1CC1NC(C/C(N)=N/O)c1ccccc1. The molecule has 0 radical (unpaired) electrons. The van der Waals surface area contributed by atoms with E-state index >= 15 is 0 Å². The van der Waals surface area contributed by atoms with Crippen LogP contribution in [-0.4, -0.2) is 17.1 Å². The largest absolute Gasteiger partial charge is 0.409 e. The molecule has 3 atom stereocenters. The van der Waals surface area contributed by atoms with Gasteiger partial charge in [0.25, 0.3) is 0 Å². The van der Waals surface area contributed by atoms with E-state index in [0.29, 0.717) is 12.5 Å². The van der Waals surface area contributed by atoms with Crippen molar-refractivity contribution in [2.75, 3.05) is 0 Å². The van der Waals surface area contributed by atoms with Crippen molar-refractivity contribution in [2.24, 2.45) is 16.8 Å². The molecule has 1 aliphatic rings. The summed E-state index contributed by atoms with van der Waals surface area (Å²) in [5.74, 6) is 1.05. The molecule has 0 aliphatic heterocycles. The van der Waals surface area contributed by atoms with E-state index in [1.165, 1.54) is 18.4 Å².